The van der Waals surface area contributed by atoms with Gasteiger partial charge in [0, 0.05) is 49.3 Å². The number of rotatable bonds is 5. The molecule has 12 aromatic rings. The standard InChI is InChI=1S/C54H35N3/c1-4-17-36(18-5-1)37-31-32-48-44(35-37)54-51(34-33-50-53(54)43-25-12-15-29-47(43)56(50)39-21-8-3-9-22-39)57(48)45-27-13-10-23-40(45)41-26-16-30-49-52(41)42-24-11-14-28-46(42)55(49)38-19-6-2-7-20-38/h1-35H. The van der Waals surface area contributed by atoms with Crippen LogP contribution in [0.15, 0.2) is 212 Å². The van der Waals surface area contributed by atoms with Gasteiger partial charge >= 0.3 is 0 Å². The zero-order valence-corrected chi connectivity index (χ0v) is 31.0. The number of para-hydroxylation sites is 5. The highest BCUT2D eigenvalue weighted by Gasteiger charge is 2.23. The van der Waals surface area contributed by atoms with E-state index in [4.69, 9.17) is 0 Å². The van der Waals surface area contributed by atoms with E-state index in [2.05, 4.69) is 226 Å². The minimum Gasteiger partial charge on any atom is -0.309 e. The van der Waals surface area contributed by atoms with Crippen LogP contribution in [0.25, 0.3) is 105 Å². The van der Waals surface area contributed by atoms with E-state index < -0.39 is 0 Å². The van der Waals surface area contributed by atoms with E-state index >= 15 is 0 Å². The van der Waals surface area contributed by atoms with Crippen LogP contribution in [0.4, 0.5) is 0 Å². The summed E-state index contributed by atoms with van der Waals surface area (Å²) in [5.41, 5.74) is 15.5. The first kappa shape index (κ1) is 31.7. The lowest BCUT2D eigenvalue weighted by Gasteiger charge is -2.15. The van der Waals surface area contributed by atoms with E-state index in [1.165, 1.54) is 87.7 Å². The Morgan fingerprint density at radius 3 is 1.39 bits per heavy atom. The molecular weight excluding hydrogens is 691 g/mol. The van der Waals surface area contributed by atoms with Gasteiger partial charge in [-0.2, -0.15) is 0 Å². The van der Waals surface area contributed by atoms with Crippen molar-refractivity contribution in [3.05, 3.63) is 212 Å². The van der Waals surface area contributed by atoms with Crippen LogP contribution in [-0.2, 0) is 0 Å². The smallest absolute Gasteiger partial charge is 0.0549 e. The Labute approximate surface area is 329 Å². The van der Waals surface area contributed by atoms with Crippen LogP contribution in [0.3, 0.4) is 0 Å². The molecule has 0 spiro atoms. The molecule has 3 aromatic heterocycles. The number of benzene rings is 9. The van der Waals surface area contributed by atoms with Crippen LogP contribution >= 0.6 is 0 Å². The molecule has 0 aliphatic rings. The molecule has 0 atom stereocenters. The normalized spacial score (nSPS) is 11.9. The quantitative estimate of drug-likeness (QED) is 0.168. The van der Waals surface area contributed by atoms with Gasteiger partial charge in [0.2, 0.25) is 0 Å². The van der Waals surface area contributed by atoms with Gasteiger partial charge in [0.15, 0.2) is 0 Å². The number of nitrogens with zero attached hydrogens (tertiary/aromatic N) is 3. The average Bonchev–Trinajstić information content (AvgIpc) is 3.93. The van der Waals surface area contributed by atoms with Crippen molar-refractivity contribution >= 4 is 65.4 Å². The van der Waals surface area contributed by atoms with Gasteiger partial charge in [-0.05, 0) is 89.5 Å². The summed E-state index contributed by atoms with van der Waals surface area (Å²) in [6, 6.07) is 77.4. The molecule has 0 radical (unpaired) electrons. The molecular formula is C54H35N3. The fraction of sp³-hybridized carbons (Fsp3) is 0. The molecule has 0 saturated carbocycles. The summed E-state index contributed by atoms with van der Waals surface area (Å²) in [6.45, 7) is 0. The van der Waals surface area contributed by atoms with Gasteiger partial charge in [0.1, 0.15) is 0 Å². The van der Waals surface area contributed by atoms with Crippen molar-refractivity contribution < 1.29 is 0 Å². The lowest BCUT2D eigenvalue weighted by Crippen LogP contribution is -1.98. The molecule has 12 rings (SSSR count). The fourth-order valence-electron chi connectivity index (χ4n) is 9.49. The molecule has 3 nitrogen and oxygen atoms in total. The van der Waals surface area contributed by atoms with Crippen LogP contribution in [-0.4, -0.2) is 13.7 Å². The van der Waals surface area contributed by atoms with Gasteiger partial charge in [-0.15, -0.1) is 0 Å². The molecule has 0 unspecified atom stereocenters. The summed E-state index contributed by atoms with van der Waals surface area (Å²) < 4.78 is 7.34. The monoisotopic (exact) mass is 725 g/mol. The van der Waals surface area contributed by atoms with Gasteiger partial charge in [0.25, 0.3) is 0 Å². The second-order valence-corrected chi connectivity index (χ2v) is 14.9. The molecule has 3 heteroatoms. The van der Waals surface area contributed by atoms with E-state index in [1.54, 1.807) is 0 Å². The summed E-state index contributed by atoms with van der Waals surface area (Å²) in [4.78, 5) is 0. The highest BCUT2D eigenvalue weighted by atomic mass is 15.0. The van der Waals surface area contributed by atoms with Crippen LogP contribution in [0.2, 0.25) is 0 Å². The van der Waals surface area contributed by atoms with Gasteiger partial charge in [-0.25, -0.2) is 0 Å². The number of hydrogen-bond acceptors (Lipinski definition) is 0. The van der Waals surface area contributed by atoms with Crippen molar-refractivity contribution in [1.82, 2.24) is 13.7 Å². The molecule has 57 heavy (non-hydrogen) atoms. The summed E-state index contributed by atoms with van der Waals surface area (Å²) >= 11 is 0. The summed E-state index contributed by atoms with van der Waals surface area (Å²) in [5, 5.41) is 7.52. The molecule has 9 aromatic carbocycles. The molecule has 0 aliphatic carbocycles. The Morgan fingerprint density at radius 1 is 0.246 bits per heavy atom. The summed E-state index contributed by atoms with van der Waals surface area (Å²) in [7, 11) is 0. The summed E-state index contributed by atoms with van der Waals surface area (Å²) in [6.07, 6.45) is 0. The van der Waals surface area contributed by atoms with E-state index in [0.717, 1.165) is 17.1 Å². The Kier molecular flexibility index (Phi) is 6.93. The van der Waals surface area contributed by atoms with Crippen molar-refractivity contribution in [3.8, 4) is 39.3 Å². The first-order valence-corrected chi connectivity index (χ1v) is 19.6. The van der Waals surface area contributed by atoms with Crippen molar-refractivity contribution in [2.75, 3.05) is 0 Å². The Morgan fingerprint density at radius 2 is 0.702 bits per heavy atom. The van der Waals surface area contributed by atoms with E-state index in [0.29, 0.717) is 0 Å². The first-order valence-electron chi connectivity index (χ1n) is 19.6. The molecule has 0 bridgehead atoms. The third kappa shape index (κ3) is 4.66. The van der Waals surface area contributed by atoms with Crippen molar-refractivity contribution in [2.24, 2.45) is 0 Å². The molecule has 0 amide bonds. The third-order valence-corrected chi connectivity index (χ3v) is 11.8. The second-order valence-electron chi connectivity index (χ2n) is 14.9. The van der Waals surface area contributed by atoms with E-state index in [1.807, 2.05) is 0 Å². The maximum atomic E-state index is 2.51. The molecule has 0 saturated heterocycles. The van der Waals surface area contributed by atoms with Gasteiger partial charge in [-0.3, -0.25) is 0 Å². The van der Waals surface area contributed by atoms with E-state index in [9.17, 15) is 0 Å². The predicted molar refractivity (Wildman–Crippen MR) is 240 cm³/mol. The van der Waals surface area contributed by atoms with Crippen molar-refractivity contribution in [2.45, 2.75) is 0 Å². The van der Waals surface area contributed by atoms with Gasteiger partial charge in [0.05, 0.1) is 38.8 Å². The van der Waals surface area contributed by atoms with Crippen LogP contribution in [0.1, 0.15) is 0 Å². The minimum atomic E-state index is 1.15. The lowest BCUT2D eigenvalue weighted by molar-refractivity contribution is 1.17. The topological polar surface area (TPSA) is 14.8 Å². The van der Waals surface area contributed by atoms with Crippen molar-refractivity contribution in [1.29, 1.82) is 0 Å². The second kappa shape index (κ2) is 12.5. The SMILES string of the molecule is c1ccc(-c2ccc3c(c2)c2c4c5ccccc5n(-c5ccccc5)c4ccc2n3-c2ccccc2-c2cccc3c2c2ccccc2n3-c2ccccc2)cc1. The third-order valence-electron chi connectivity index (χ3n) is 11.8. The van der Waals surface area contributed by atoms with Crippen molar-refractivity contribution in [3.63, 3.8) is 0 Å². The number of fused-ring (bicyclic) bond motifs is 10. The number of hydrogen-bond donors (Lipinski definition) is 0. The highest BCUT2D eigenvalue weighted by Crippen LogP contribution is 2.46. The molecule has 0 aliphatic heterocycles. The molecule has 3 heterocycles. The molecule has 0 N–H and O–H groups in total. The van der Waals surface area contributed by atoms with Crippen LogP contribution < -0.4 is 0 Å². The Hall–Kier alpha value is -7.62. The fourth-order valence-corrected chi connectivity index (χ4v) is 9.49. The zero-order chi connectivity index (χ0) is 37.5. The maximum Gasteiger partial charge on any atom is 0.0549 e. The van der Waals surface area contributed by atoms with Gasteiger partial charge in [-0.1, -0.05) is 140 Å². The number of aromatic nitrogens is 3. The van der Waals surface area contributed by atoms with Crippen LogP contribution in [0, 0.1) is 0 Å². The zero-order valence-electron chi connectivity index (χ0n) is 31.0. The maximum absolute atomic E-state index is 2.51. The highest BCUT2D eigenvalue weighted by molar-refractivity contribution is 6.29. The van der Waals surface area contributed by atoms with Gasteiger partial charge < -0.3 is 13.7 Å². The van der Waals surface area contributed by atoms with Crippen LogP contribution in [0.5, 0.6) is 0 Å². The Balaban J connectivity index is 1.21. The average molecular weight is 726 g/mol. The predicted octanol–water partition coefficient (Wildman–Crippen LogP) is 14.3. The minimum absolute atomic E-state index is 1.15. The first-order chi connectivity index (χ1) is 28.3. The molecule has 0 fully saturated rings. The summed E-state index contributed by atoms with van der Waals surface area (Å²) in [5.74, 6) is 0. The lowest BCUT2D eigenvalue weighted by atomic mass is 9.97. The van der Waals surface area contributed by atoms with E-state index in [-0.39, 0.29) is 0 Å². The Bertz CT molecular complexity index is 3500. The largest absolute Gasteiger partial charge is 0.309 e. The molecule has 266 valence electrons.